The normalized spacial score (nSPS) is 13.2. The average molecular weight is 384 g/mol. The van der Waals surface area contributed by atoms with Crippen LogP contribution in [0.2, 0.25) is 0 Å². The van der Waals surface area contributed by atoms with Crippen LogP contribution in [0.3, 0.4) is 0 Å². The van der Waals surface area contributed by atoms with Crippen molar-refractivity contribution in [3.8, 4) is 22.7 Å². The van der Waals surface area contributed by atoms with Crippen LogP contribution in [0.1, 0.15) is 20.7 Å². The third kappa shape index (κ3) is 2.44. The Balaban J connectivity index is 1.85. The smallest absolute Gasteiger partial charge is 0.262 e. The van der Waals surface area contributed by atoms with E-state index in [2.05, 4.69) is 4.98 Å². The van der Waals surface area contributed by atoms with E-state index < -0.39 is 0 Å². The van der Waals surface area contributed by atoms with E-state index in [1.165, 1.54) is 13.2 Å². The van der Waals surface area contributed by atoms with E-state index in [1.54, 1.807) is 11.8 Å². The molecule has 142 valence electrons. The van der Waals surface area contributed by atoms with Crippen molar-refractivity contribution in [1.29, 1.82) is 0 Å². The van der Waals surface area contributed by atoms with Gasteiger partial charge in [-0.15, -0.1) is 0 Å². The van der Waals surface area contributed by atoms with Crippen molar-refractivity contribution in [2.75, 3.05) is 14.2 Å². The number of rotatable bonds is 3. The van der Waals surface area contributed by atoms with Gasteiger partial charge in [0.1, 0.15) is 11.4 Å². The maximum atomic E-state index is 12.9. The standard InChI is InChI=1S/C22H16N4O3/c1-25-21(27)16-12-23-20-18(17(16)22(25)28)19(13-6-4-3-5-7-13)24-26(20)14-8-10-15(29-2)11-9-14/h3-12H,1-2H3. The lowest BCUT2D eigenvalue weighted by Crippen LogP contribution is -2.24. The zero-order chi connectivity index (χ0) is 20.1. The number of aromatic nitrogens is 3. The number of methoxy groups -OCH3 is 1. The molecular weight excluding hydrogens is 368 g/mol. The highest BCUT2D eigenvalue weighted by Crippen LogP contribution is 2.36. The van der Waals surface area contributed by atoms with Crippen LogP contribution in [0.15, 0.2) is 60.8 Å². The SMILES string of the molecule is COc1ccc(-n2nc(-c3ccccc3)c3c4c(cnc32)C(=O)N(C)C4=O)cc1. The Kier molecular flexibility index (Phi) is 3.70. The first-order chi connectivity index (χ1) is 14.1. The highest BCUT2D eigenvalue weighted by Gasteiger charge is 2.37. The summed E-state index contributed by atoms with van der Waals surface area (Å²) in [6, 6.07) is 17.0. The summed E-state index contributed by atoms with van der Waals surface area (Å²) in [7, 11) is 3.09. The van der Waals surface area contributed by atoms with Crippen molar-refractivity contribution in [3.63, 3.8) is 0 Å². The van der Waals surface area contributed by atoms with Crippen molar-refractivity contribution in [3.05, 3.63) is 71.9 Å². The molecule has 7 heteroatoms. The Hall–Kier alpha value is -4.00. The van der Waals surface area contributed by atoms with Crippen LogP contribution < -0.4 is 4.74 Å². The lowest BCUT2D eigenvalue weighted by molar-refractivity contribution is 0.0693. The second-order valence-corrected chi connectivity index (χ2v) is 6.74. The summed E-state index contributed by atoms with van der Waals surface area (Å²) >= 11 is 0. The first-order valence-electron chi connectivity index (χ1n) is 9.04. The molecule has 0 atom stereocenters. The highest BCUT2D eigenvalue weighted by atomic mass is 16.5. The van der Waals surface area contributed by atoms with Gasteiger partial charge in [-0.3, -0.25) is 14.5 Å². The van der Waals surface area contributed by atoms with Gasteiger partial charge in [-0.2, -0.15) is 5.10 Å². The summed E-state index contributed by atoms with van der Waals surface area (Å²) < 4.78 is 6.92. The largest absolute Gasteiger partial charge is 0.497 e. The van der Waals surface area contributed by atoms with Gasteiger partial charge in [0.25, 0.3) is 11.8 Å². The summed E-state index contributed by atoms with van der Waals surface area (Å²) in [5.74, 6) is 0.0317. The van der Waals surface area contributed by atoms with Crippen LogP contribution >= 0.6 is 0 Å². The summed E-state index contributed by atoms with van der Waals surface area (Å²) in [5.41, 5.74) is 3.39. The van der Waals surface area contributed by atoms with E-state index in [-0.39, 0.29) is 11.8 Å². The van der Waals surface area contributed by atoms with Crippen molar-refractivity contribution in [2.45, 2.75) is 0 Å². The molecule has 1 aliphatic heterocycles. The second-order valence-electron chi connectivity index (χ2n) is 6.74. The van der Waals surface area contributed by atoms with Crippen LogP contribution in [0.4, 0.5) is 0 Å². The highest BCUT2D eigenvalue weighted by molar-refractivity contribution is 6.27. The van der Waals surface area contributed by atoms with Crippen LogP contribution in [0.5, 0.6) is 5.75 Å². The van der Waals surface area contributed by atoms with Crippen LogP contribution in [0, 0.1) is 0 Å². The third-order valence-electron chi connectivity index (χ3n) is 5.11. The van der Waals surface area contributed by atoms with Gasteiger partial charge in [-0.25, -0.2) is 9.67 Å². The number of nitrogens with zero attached hydrogens (tertiary/aromatic N) is 4. The molecular formula is C22H16N4O3. The molecule has 0 bridgehead atoms. The predicted molar refractivity (Wildman–Crippen MR) is 107 cm³/mol. The van der Waals surface area contributed by atoms with Gasteiger partial charge >= 0.3 is 0 Å². The number of carbonyl (C=O) groups is 2. The molecule has 0 radical (unpaired) electrons. The van der Waals surface area contributed by atoms with E-state index in [4.69, 9.17) is 9.84 Å². The first-order valence-corrected chi connectivity index (χ1v) is 9.04. The fourth-order valence-corrected chi connectivity index (χ4v) is 3.61. The molecule has 0 fully saturated rings. The molecule has 0 saturated carbocycles. The summed E-state index contributed by atoms with van der Waals surface area (Å²) in [6.07, 6.45) is 1.46. The fraction of sp³-hybridized carbons (Fsp3) is 0.0909. The van der Waals surface area contributed by atoms with Crippen LogP contribution in [-0.2, 0) is 0 Å². The monoisotopic (exact) mass is 384 g/mol. The van der Waals surface area contributed by atoms with E-state index in [9.17, 15) is 9.59 Å². The van der Waals surface area contributed by atoms with Gasteiger partial charge < -0.3 is 4.74 Å². The van der Waals surface area contributed by atoms with Gasteiger partial charge in [0.05, 0.1) is 29.3 Å². The van der Waals surface area contributed by atoms with Crippen LogP contribution in [-0.4, -0.2) is 45.6 Å². The lowest BCUT2D eigenvalue weighted by Gasteiger charge is -2.05. The predicted octanol–water partition coefficient (Wildman–Crippen LogP) is 3.32. The molecule has 3 heterocycles. The van der Waals surface area contributed by atoms with Gasteiger partial charge in [-0.1, -0.05) is 30.3 Å². The number of hydrogen-bond donors (Lipinski definition) is 0. The van der Waals surface area contributed by atoms with Crippen LogP contribution in [0.25, 0.3) is 28.0 Å². The number of imide groups is 1. The number of fused-ring (bicyclic) bond motifs is 3. The molecule has 29 heavy (non-hydrogen) atoms. The minimum absolute atomic E-state index is 0.302. The molecule has 2 aromatic carbocycles. The molecule has 0 unspecified atom stereocenters. The number of hydrogen-bond acceptors (Lipinski definition) is 5. The second kappa shape index (κ2) is 6.27. The Labute approximate surface area is 166 Å². The Morgan fingerprint density at radius 1 is 0.931 bits per heavy atom. The van der Waals surface area contributed by atoms with Gasteiger partial charge in [0, 0.05) is 18.8 Å². The molecule has 0 aliphatic carbocycles. The Morgan fingerprint density at radius 3 is 2.34 bits per heavy atom. The van der Waals surface area contributed by atoms with E-state index in [0.29, 0.717) is 27.9 Å². The zero-order valence-electron chi connectivity index (χ0n) is 15.8. The quantitative estimate of drug-likeness (QED) is 0.507. The van der Waals surface area contributed by atoms with E-state index in [0.717, 1.165) is 21.9 Å². The molecule has 0 spiro atoms. The molecule has 7 nitrogen and oxygen atoms in total. The molecule has 4 aromatic rings. The van der Waals surface area contributed by atoms with Crippen molar-refractivity contribution < 1.29 is 14.3 Å². The maximum Gasteiger partial charge on any atom is 0.262 e. The molecule has 2 aromatic heterocycles. The summed E-state index contributed by atoms with van der Waals surface area (Å²) in [5, 5.41) is 5.35. The number of benzene rings is 2. The Bertz CT molecular complexity index is 1280. The zero-order valence-corrected chi connectivity index (χ0v) is 15.8. The topological polar surface area (TPSA) is 77.3 Å². The fourth-order valence-electron chi connectivity index (χ4n) is 3.61. The maximum absolute atomic E-state index is 12.9. The third-order valence-corrected chi connectivity index (χ3v) is 5.11. The molecule has 2 amide bonds. The minimum atomic E-state index is -0.351. The van der Waals surface area contributed by atoms with Crippen molar-refractivity contribution in [1.82, 2.24) is 19.7 Å². The molecule has 1 aliphatic rings. The first kappa shape index (κ1) is 17.1. The number of carbonyl (C=O) groups excluding carboxylic acids is 2. The van der Waals surface area contributed by atoms with Crippen molar-refractivity contribution >= 4 is 22.8 Å². The summed E-state index contributed by atoms with van der Waals surface area (Å²) in [4.78, 5) is 31.0. The molecule has 0 N–H and O–H groups in total. The Morgan fingerprint density at radius 2 is 1.66 bits per heavy atom. The van der Waals surface area contributed by atoms with Gasteiger partial charge in [0.2, 0.25) is 0 Å². The van der Waals surface area contributed by atoms with Crippen molar-refractivity contribution in [2.24, 2.45) is 0 Å². The van der Waals surface area contributed by atoms with E-state index in [1.807, 2.05) is 54.6 Å². The lowest BCUT2D eigenvalue weighted by atomic mass is 10.0. The molecule has 0 saturated heterocycles. The minimum Gasteiger partial charge on any atom is -0.497 e. The number of ether oxygens (including phenoxy) is 1. The van der Waals surface area contributed by atoms with Gasteiger partial charge in [-0.05, 0) is 24.3 Å². The number of amides is 2. The van der Waals surface area contributed by atoms with Gasteiger partial charge in [0.15, 0.2) is 5.65 Å². The number of pyridine rings is 1. The summed E-state index contributed by atoms with van der Waals surface area (Å²) in [6.45, 7) is 0. The van der Waals surface area contributed by atoms with E-state index >= 15 is 0 Å². The molecule has 5 rings (SSSR count). The average Bonchev–Trinajstić information content (AvgIpc) is 3.26.